The zero-order valence-electron chi connectivity index (χ0n) is 35.6. The zero-order valence-corrected chi connectivity index (χ0v) is 35.6. The first kappa shape index (κ1) is 42.4. The van der Waals surface area contributed by atoms with E-state index < -0.39 is 23.5 Å². The molecule has 0 radical (unpaired) electrons. The van der Waals surface area contributed by atoms with Gasteiger partial charge in [-0.15, -0.1) is 0 Å². The number of likely N-dealkylation sites (tertiary alicyclic amines) is 2. The average Bonchev–Trinajstić information content (AvgIpc) is 4.10. The monoisotopic (exact) mass is 816 g/mol. The normalized spacial score (nSPS) is 21.2. The number of rotatable bonds is 9. The molecule has 2 saturated heterocycles. The summed E-state index contributed by atoms with van der Waals surface area (Å²) >= 11 is 0. The van der Waals surface area contributed by atoms with Crippen molar-refractivity contribution in [1.29, 1.82) is 0 Å². The van der Waals surface area contributed by atoms with Crippen molar-refractivity contribution >= 4 is 35.4 Å². The molecule has 3 aliphatic heterocycles. The first-order chi connectivity index (χ1) is 28.8. The van der Waals surface area contributed by atoms with Gasteiger partial charge in [-0.25, -0.2) is 9.78 Å². The van der Waals surface area contributed by atoms with Crippen LogP contribution in [0, 0.1) is 46.9 Å². The number of methoxy groups -OCH3 is 2. The number of nitrogens with zero attached hydrogens (tertiary/aromatic N) is 4. The molecule has 2 aliphatic carbocycles. The second-order valence-corrected chi connectivity index (χ2v) is 17.5. The molecule has 7 rings (SSSR count). The summed E-state index contributed by atoms with van der Waals surface area (Å²) in [6.45, 7) is 8.86. The molecule has 4 heterocycles. The third-order valence-corrected chi connectivity index (χ3v) is 13.0. The van der Waals surface area contributed by atoms with Gasteiger partial charge in [0.15, 0.2) is 5.78 Å². The van der Waals surface area contributed by atoms with Crippen LogP contribution in [0.3, 0.4) is 0 Å². The minimum atomic E-state index is -0.729. The van der Waals surface area contributed by atoms with E-state index in [1.54, 1.807) is 17.3 Å². The van der Waals surface area contributed by atoms with E-state index >= 15 is 0 Å². The highest BCUT2D eigenvalue weighted by atomic mass is 16.5. The maximum atomic E-state index is 14.3. The summed E-state index contributed by atoms with van der Waals surface area (Å²) in [6.07, 6.45) is 11.0. The number of ether oxygens (including phenoxy) is 2. The van der Waals surface area contributed by atoms with Crippen LogP contribution >= 0.6 is 0 Å². The number of ketones is 1. The minimum Gasteiger partial charge on any atom is -0.469 e. The number of aromatic nitrogens is 2. The number of carbonyl (C=O) groups is 5. The van der Waals surface area contributed by atoms with Crippen molar-refractivity contribution in [3.8, 4) is 23.7 Å². The number of hydrogen-bond donors (Lipinski definition) is 2. The molecule has 2 N–H and O–H groups in total. The van der Waals surface area contributed by atoms with Gasteiger partial charge in [0.1, 0.15) is 17.6 Å². The minimum absolute atomic E-state index is 0.00918. The molecule has 4 atom stereocenters. The molecule has 60 heavy (non-hydrogen) atoms. The van der Waals surface area contributed by atoms with E-state index in [9.17, 15) is 24.0 Å². The Morgan fingerprint density at radius 2 is 1.57 bits per heavy atom. The van der Waals surface area contributed by atoms with Crippen molar-refractivity contribution in [2.24, 2.45) is 28.2 Å². The Morgan fingerprint density at radius 3 is 2.25 bits per heavy atom. The van der Waals surface area contributed by atoms with Gasteiger partial charge in [-0.1, -0.05) is 58.3 Å². The lowest BCUT2D eigenvalue weighted by Gasteiger charge is -2.30. The van der Waals surface area contributed by atoms with E-state index in [2.05, 4.69) is 39.0 Å². The molecule has 13 heteroatoms. The van der Waals surface area contributed by atoms with E-state index in [1.807, 2.05) is 44.7 Å². The summed E-state index contributed by atoms with van der Waals surface area (Å²) in [7, 11) is 2.62. The largest absolute Gasteiger partial charge is 0.469 e. The molecule has 1 saturated carbocycles. The summed E-state index contributed by atoms with van der Waals surface area (Å²) in [5, 5.41) is 2.68. The van der Waals surface area contributed by atoms with Crippen molar-refractivity contribution < 1.29 is 33.4 Å². The molecule has 1 aromatic heterocycles. The number of hydrogen-bond acceptors (Lipinski definition) is 9. The van der Waals surface area contributed by atoms with Crippen molar-refractivity contribution in [1.82, 2.24) is 25.1 Å². The quantitative estimate of drug-likeness (QED) is 0.228. The number of esters is 1. The van der Waals surface area contributed by atoms with Gasteiger partial charge >= 0.3 is 12.1 Å². The van der Waals surface area contributed by atoms with Crippen LogP contribution in [-0.4, -0.2) is 94.5 Å². The Labute approximate surface area is 352 Å². The van der Waals surface area contributed by atoms with Crippen molar-refractivity contribution in [3.05, 3.63) is 63.9 Å². The zero-order chi connectivity index (χ0) is 42.7. The Morgan fingerprint density at radius 1 is 0.883 bits per heavy atom. The van der Waals surface area contributed by atoms with Gasteiger partial charge in [-0.3, -0.25) is 24.2 Å². The third-order valence-electron chi connectivity index (χ3n) is 13.0. The van der Waals surface area contributed by atoms with Crippen LogP contribution in [-0.2, 0) is 30.3 Å². The first-order valence-electron chi connectivity index (χ1n) is 21.4. The van der Waals surface area contributed by atoms with E-state index in [-0.39, 0.29) is 53.9 Å². The Balaban J connectivity index is 1.08. The molecule has 2 aromatic rings. The average molecular weight is 817 g/mol. The number of carbonyl (C=O) groups excluding carboxylic acids is 5. The number of alkyl carbamates (subject to hydrolysis) is 1. The van der Waals surface area contributed by atoms with Gasteiger partial charge in [0.05, 0.1) is 44.8 Å². The number of imidazole rings is 1. The van der Waals surface area contributed by atoms with Crippen molar-refractivity contribution in [3.63, 3.8) is 0 Å². The SMILES string of the molecule is COC(=O)C[C@H](C(=O)N1CCC[C@H]1C1=NC=C(C#Cc2ccc(C#Cc3cnc(C4CCCN4C(=O)[C@@H](NC(=O)OC)C(C)C)[nH]3)c3c2CC2(CCCC2)C3=O)C1)C(C)C. The molecular formula is C47H56N6O7. The molecule has 0 bridgehead atoms. The predicted molar refractivity (Wildman–Crippen MR) is 225 cm³/mol. The summed E-state index contributed by atoms with van der Waals surface area (Å²) in [4.78, 5) is 82.1. The highest BCUT2D eigenvalue weighted by molar-refractivity contribution is 6.08. The molecule has 316 valence electrons. The third kappa shape index (κ3) is 8.50. The first-order valence-corrected chi connectivity index (χ1v) is 21.4. The predicted octanol–water partition coefficient (Wildman–Crippen LogP) is 6.06. The maximum absolute atomic E-state index is 14.3. The summed E-state index contributed by atoms with van der Waals surface area (Å²) in [5.74, 6) is 12.8. The highest BCUT2D eigenvalue weighted by Gasteiger charge is 2.49. The number of aliphatic imine (C=N–C) groups is 1. The fourth-order valence-electron chi connectivity index (χ4n) is 9.68. The molecule has 1 spiro atoms. The van der Waals surface area contributed by atoms with E-state index in [0.29, 0.717) is 48.6 Å². The lowest BCUT2D eigenvalue weighted by molar-refractivity contribution is -0.148. The number of aromatic amines is 1. The summed E-state index contributed by atoms with van der Waals surface area (Å²) in [5.41, 5.74) is 5.00. The number of fused-ring (bicyclic) bond motifs is 1. The number of amides is 3. The fraction of sp³-hybridized carbons (Fsp3) is 0.553. The molecule has 1 unspecified atom stereocenters. The second-order valence-electron chi connectivity index (χ2n) is 17.5. The molecular weight excluding hydrogens is 761 g/mol. The number of H-pyrrole nitrogens is 1. The molecule has 3 amide bonds. The Kier molecular flexibility index (Phi) is 12.6. The maximum Gasteiger partial charge on any atom is 0.407 e. The fourth-order valence-corrected chi connectivity index (χ4v) is 9.68. The number of allylic oxidation sites excluding steroid dienone is 1. The second kappa shape index (κ2) is 17.9. The van der Waals surface area contributed by atoms with Gasteiger partial charge in [0.2, 0.25) is 11.8 Å². The standard InChI is InChI=1S/C47H56N6O7/c1-28(2)34(24-39(54)59-5)44(56)52-21-9-11-37(52)36-23-30(26-48-36)13-14-31-15-16-32(40-35(31)25-47(42(40)55)19-7-8-20-47)17-18-33-27-49-43(50-33)38-12-10-22-53(38)45(57)41(29(3)4)51-46(58)60-6/h15-16,26-29,34,37-38,41H,7-12,19-25H2,1-6H3,(H,49,50)(H,51,58)/t34-,37-,38?,41-/m0/s1. The van der Waals surface area contributed by atoms with Gasteiger partial charge in [0, 0.05) is 59.1 Å². The topological polar surface area (TPSA) is 163 Å². The Hall–Kier alpha value is -5.69. The lowest BCUT2D eigenvalue weighted by Crippen LogP contribution is -2.51. The number of nitrogens with one attached hydrogen (secondary N) is 2. The lowest BCUT2D eigenvalue weighted by atomic mass is 9.82. The van der Waals surface area contributed by atoms with Crippen LogP contribution in [0.1, 0.15) is 137 Å². The highest BCUT2D eigenvalue weighted by Crippen LogP contribution is 2.50. The van der Waals surface area contributed by atoms with E-state index in [0.717, 1.165) is 73.8 Å². The van der Waals surface area contributed by atoms with Crippen LogP contribution in [0.15, 0.2) is 35.1 Å². The van der Waals surface area contributed by atoms with Crippen LogP contribution in [0.5, 0.6) is 0 Å². The van der Waals surface area contributed by atoms with Crippen LogP contribution < -0.4 is 5.32 Å². The van der Waals surface area contributed by atoms with Gasteiger partial charge < -0.3 is 29.6 Å². The van der Waals surface area contributed by atoms with Crippen LogP contribution in [0.25, 0.3) is 0 Å². The van der Waals surface area contributed by atoms with E-state index in [4.69, 9.17) is 14.5 Å². The molecule has 13 nitrogen and oxygen atoms in total. The van der Waals surface area contributed by atoms with Crippen molar-refractivity contribution in [2.45, 2.75) is 116 Å². The van der Waals surface area contributed by atoms with Crippen LogP contribution in [0.2, 0.25) is 0 Å². The van der Waals surface area contributed by atoms with E-state index in [1.165, 1.54) is 14.2 Å². The molecule has 1 aromatic carbocycles. The van der Waals surface area contributed by atoms with Gasteiger partial charge in [0.25, 0.3) is 0 Å². The van der Waals surface area contributed by atoms with Crippen LogP contribution in [0.4, 0.5) is 4.79 Å². The number of Topliss-reactive ketones (excluding diaryl/α,β-unsaturated/α-hetero) is 1. The summed E-state index contributed by atoms with van der Waals surface area (Å²) in [6, 6.07) is 2.71. The smallest absolute Gasteiger partial charge is 0.407 e. The molecule has 5 aliphatic rings. The van der Waals surface area contributed by atoms with Gasteiger partial charge in [-0.2, -0.15) is 0 Å². The number of benzene rings is 1. The Bertz CT molecular complexity index is 2240. The van der Waals surface area contributed by atoms with Gasteiger partial charge in [-0.05, 0) is 80.4 Å². The van der Waals surface area contributed by atoms with Crippen molar-refractivity contribution in [2.75, 3.05) is 27.3 Å². The summed E-state index contributed by atoms with van der Waals surface area (Å²) < 4.78 is 9.65. The molecule has 3 fully saturated rings.